The van der Waals surface area contributed by atoms with Gasteiger partial charge < -0.3 is 13.9 Å². The van der Waals surface area contributed by atoms with Crippen LogP contribution in [0.15, 0.2) is 76.4 Å². The van der Waals surface area contributed by atoms with E-state index in [2.05, 4.69) is 5.10 Å². The Morgan fingerprint density at radius 2 is 1.67 bits per heavy atom. The number of ketones is 1. The Morgan fingerprint density at radius 1 is 0.972 bits per heavy atom. The summed E-state index contributed by atoms with van der Waals surface area (Å²) in [6.45, 7) is 2.94. The molecule has 0 saturated carbocycles. The van der Waals surface area contributed by atoms with Crippen LogP contribution >= 0.6 is 0 Å². The first-order valence-corrected chi connectivity index (χ1v) is 11.5. The maximum atomic E-state index is 14.0. The van der Waals surface area contributed by atoms with Gasteiger partial charge in [-0.15, -0.1) is 0 Å². The lowest BCUT2D eigenvalue weighted by Gasteiger charge is -2.43. The lowest BCUT2D eigenvalue weighted by atomic mass is 9.66. The summed E-state index contributed by atoms with van der Waals surface area (Å²) in [7, 11) is 0. The number of halogens is 1. The molecule has 0 unspecified atom stereocenters. The van der Waals surface area contributed by atoms with Gasteiger partial charge in [0.15, 0.2) is 5.78 Å². The van der Waals surface area contributed by atoms with E-state index in [1.807, 2.05) is 12.1 Å². The zero-order valence-corrected chi connectivity index (χ0v) is 19.4. The first-order chi connectivity index (χ1) is 17.2. The lowest BCUT2D eigenvalue weighted by Crippen LogP contribution is -2.58. The largest absolute Gasteiger partial charge is 0.469 e. The van der Waals surface area contributed by atoms with Crippen molar-refractivity contribution in [1.29, 1.82) is 0 Å². The van der Waals surface area contributed by atoms with Gasteiger partial charge in [-0.1, -0.05) is 24.3 Å². The minimum Gasteiger partial charge on any atom is -0.469 e. The Balaban J connectivity index is 1.63. The molecule has 2 aromatic carbocycles. The van der Waals surface area contributed by atoms with Crippen LogP contribution < -0.4 is 0 Å². The lowest BCUT2D eigenvalue weighted by molar-refractivity contribution is -0.254. The number of fused-ring (bicyclic) bond motifs is 4. The number of cyclic esters (lactones) is 2. The van der Waals surface area contributed by atoms with Crippen LogP contribution in [-0.4, -0.2) is 40.8 Å². The second kappa shape index (κ2) is 7.61. The molecule has 182 valence electrons. The van der Waals surface area contributed by atoms with E-state index in [9.17, 15) is 18.8 Å². The number of rotatable bonds is 3. The number of benzene rings is 2. The van der Waals surface area contributed by atoms with Crippen LogP contribution in [0.1, 0.15) is 53.1 Å². The molecular formula is C27H21FN2O6. The van der Waals surface area contributed by atoms with E-state index in [1.165, 1.54) is 49.4 Å². The third-order valence-electron chi connectivity index (χ3n) is 7.01. The molecule has 8 nitrogen and oxygen atoms in total. The van der Waals surface area contributed by atoms with Gasteiger partial charge in [-0.05, 0) is 47.5 Å². The third-order valence-corrected chi connectivity index (χ3v) is 7.01. The monoisotopic (exact) mass is 488 g/mol. The zero-order valence-electron chi connectivity index (χ0n) is 19.4. The van der Waals surface area contributed by atoms with Crippen LogP contribution in [-0.2, 0) is 19.1 Å². The van der Waals surface area contributed by atoms with E-state index in [0.29, 0.717) is 11.1 Å². The molecule has 1 aromatic heterocycles. The molecule has 0 aliphatic carbocycles. The normalized spacial score (nSPS) is 25.2. The van der Waals surface area contributed by atoms with Gasteiger partial charge in [0.2, 0.25) is 5.41 Å². The topological polar surface area (TPSA) is 98.4 Å². The van der Waals surface area contributed by atoms with E-state index < -0.39 is 52.7 Å². The van der Waals surface area contributed by atoms with E-state index in [0.717, 1.165) is 0 Å². The number of nitrogens with zero attached hydrogens (tertiary/aromatic N) is 2. The van der Waals surface area contributed by atoms with Gasteiger partial charge >= 0.3 is 11.9 Å². The summed E-state index contributed by atoms with van der Waals surface area (Å²) in [6.07, 6.45) is 2.98. The van der Waals surface area contributed by atoms with Crippen molar-refractivity contribution in [3.8, 4) is 0 Å². The SMILES string of the molecule is CC1(C)OC(=O)C2(C(=O)O1)[C@H](c1ccco1)[C@H](C(=O)c1ccc(F)cc1)N1N=Cc3ccccc3[C@@H]12. The van der Waals surface area contributed by atoms with Crippen molar-refractivity contribution in [1.82, 2.24) is 5.01 Å². The molecule has 9 heteroatoms. The number of Topliss-reactive ketones (excluding diaryl/α,β-unsaturated/α-hetero) is 1. The number of hydrogen-bond acceptors (Lipinski definition) is 8. The number of carbonyl (C=O) groups is 3. The van der Waals surface area contributed by atoms with Gasteiger partial charge in [0.25, 0.3) is 5.79 Å². The summed E-state index contributed by atoms with van der Waals surface area (Å²) in [5.74, 6) is -5.03. The molecule has 3 aliphatic heterocycles. The summed E-state index contributed by atoms with van der Waals surface area (Å²) in [6, 6.07) is 13.3. The Bertz CT molecular complexity index is 1390. The van der Waals surface area contributed by atoms with E-state index >= 15 is 0 Å². The fourth-order valence-corrected chi connectivity index (χ4v) is 5.58. The van der Waals surface area contributed by atoms with Crippen LogP contribution in [0, 0.1) is 11.2 Å². The van der Waals surface area contributed by atoms with Crippen molar-refractivity contribution in [3.05, 3.63) is 95.2 Å². The summed E-state index contributed by atoms with van der Waals surface area (Å²) in [5.41, 5.74) is -0.494. The van der Waals surface area contributed by atoms with Crippen molar-refractivity contribution in [2.45, 2.75) is 37.6 Å². The molecule has 3 aromatic rings. The van der Waals surface area contributed by atoms with Crippen molar-refractivity contribution in [2.75, 3.05) is 0 Å². The van der Waals surface area contributed by atoms with Crippen LogP contribution in [0.25, 0.3) is 0 Å². The Hall–Kier alpha value is -4.27. The molecule has 2 fully saturated rings. The minimum absolute atomic E-state index is 0.195. The van der Waals surface area contributed by atoms with Crippen LogP contribution in [0.5, 0.6) is 0 Å². The Labute approximate surface area is 205 Å². The van der Waals surface area contributed by atoms with Crippen LogP contribution in [0.4, 0.5) is 4.39 Å². The highest BCUT2D eigenvalue weighted by Crippen LogP contribution is 2.62. The van der Waals surface area contributed by atoms with E-state index in [1.54, 1.807) is 30.5 Å². The van der Waals surface area contributed by atoms with Crippen molar-refractivity contribution >= 4 is 23.9 Å². The highest BCUT2D eigenvalue weighted by Gasteiger charge is 2.75. The first-order valence-electron chi connectivity index (χ1n) is 11.5. The summed E-state index contributed by atoms with van der Waals surface area (Å²) >= 11 is 0. The molecule has 0 N–H and O–H groups in total. The molecule has 0 amide bonds. The number of furan rings is 1. The molecule has 2 saturated heterocycles. The second-order valence-electron chi connectivity index (χ2n) is 9.51. The van der Waals surface area contributed by atoms with Crippen LogP contribution in [0.2, 0.25) is 0 Å². The average molecular weight is 488 g/mol. The zero-order chi connectivity index (χ0) is 25.2. The number of esters is 2. The standard InChI is InChI=1S/C27H21FN2O6/c1-26(2)35-24(32)27(25(33)36-26)20(19-8-5-13-34-19)21(22(31)15-9-11-17(28)12-10-15)30-23(27)18-7-4-3-6-16(18)14-29-30/h3-14,20-21,23H,1-2H3/t20-,21-,23-/m1/s1. The number of hydrazone groups is 1. The highest BCUT2D eigenvalue weighted by atomic mass is 19.1. The maximum Gasteiger partial charge on any atom is 0.330 e. The average Bonchev–Trinajstić information content (AvgIpc) is 3.47. The molecular weight excluding hydrogens is 467 g/mol. The van der Waals surface area contributed by atoms with E-state index in [-0.39, 0.29) is 11.3 Å². The summed E-state index contributed by atoms with van der Waals surface area (Å²) < 4.78 is 30.7. The quantitative estimate of drug-likeness (QED) is 0.312. The first kappa shape index (κ1) is 22.2. The molecule has 36 heavy (non-hydrogen) atoms. The Kier molecular flexibility index (Phi) is 4.70. The smallest absolute Gasteiger partial charge is 0.330 e. The fraction of sp³-hybridized carbons (Fsp3) is 0.259. The van der Waals surface area contributed by atoms with Gasteiger partial charge in [-0.2, -0.15) is 5.10 Å². The molecule has 4 heterocycles. The number of hydrogen-bond donors (Lipinski definition) is 0. The highest BCUT2D eigenvalue weighted by molar-refractivity contribution is 6.09. The van der Waals surface area contributed by atoms with Gasteiger partial charge in [0, 0.05) is 19.4 Å². The summed E-state index contributed by atoms with van der Waals surface area (Å²) in [5, 5.41) is 6.01. The van der Waals surface area contributed by atoms with Gasteiger partial charge in [-0.3, -0.25) is 19.4 Å². The van der Waals surface area contributed by atoms with Crippen molar-refractivity contribution < 1.29 is 32.7 Å². The predicted octanol–water partition coefficient (Wildman–Crippen LogP) is 3.98. The summed E-state index contributed by atoms with van der Waals surface area (Å²) in [4.78, 5) is 41.9. The third kappa shape index (κ3) is 2.98. The van der Waals surface area contributed by atoms with Crippen molar-refractivity contribution in [2.24, 2.45) is 10.5 Å². The van der Waals surface area contributed by atoms with Gasteiger partial charge in [-0.25, -0.2) is 4.39 Å². The van der Waals surface area contributed by atoms with E-state index in [4.69, 9.17) is 13.9 Å². The molecule has 6 rings (SSSR count). The van der Waals surface area contributed by atoms with Crippen molar-refractivity contribution in [3.63, 3.8) is 0 Å². The molecule has 1 spiro atoms. The Morgan fingerprint density at radius 3 is 2.33 bits per heavy atom. The van der Waals surface area contributed by atoms with Crippen LogP contribution in [0.3, 0.4) is 0 Å². The second-order valence-corrected chi connectivity index (χ2v) is 9.51. The fourth-order valence-electron chi connectivity index (χ4n) is 5.58. The van der Waals surface area contributed by atoms with Gasteiger partial charge in [0.1, 0.15) is 23.7 Å². The maximum absolute atomic E-state index is 14.0. The number of carbonyl (C=O) groups excluding carboxylic acids is 3. The van der Waals surface area contributed by atoms with Gasteiger partial charge in [0.05, 0.1) is 18.4 Å². The molecule has 3 aliphatic rings. The number of ether oxygens (including phenoxy) is 2. The molecule has 0 bridgehead atoms. The molecule has 3 atom stereocenters. The minimum atomic E-state index is -2.00. The predicted molar refractivity (Wildman–Crippen MR) is 123 cm³/mol. The molecule has 0 radical (unpaired) electrons.